The van der Waals surface area contributed by atoms with Crippen molar-refractivity contribution in [1.82, 2.24) is 10.6 Å². The summed E-state index contributed by atoms with van der Waals surface area (Å²) in [5.41, 5.74) is 6.50. The maximum absolute atomic E-state index is 11.9. The van der Waals surface area contributed by atoms with E-state index in [9.17, 15) is 9.59 Å². The summed E-state index contributed by atoms with van der Waals surface area (Å²) in [5, 5.41) is 6.32. The van der Waals surface area contributed by atoms with Crippen molar-refractivity contribution in [3.63, 3.8) is 0 Å². The minimum absolute atomic E-state index is 0.0209. The maximum atomic E-state index is 11.9. The minimum Gasteiger partial charge on any atom is -0.459 e. The molecular formula is C17H23N3O3. The summed E-state index contributed by atoms with van der Waals surface area (Å²) in [6, 6.07) is 8.64. The summed E-state index contributed by atoms with van der Waals surface area (Å²) in [4.78, 5) is 23.7. The number of hydrogen-bond donors (Lipinski definition) is 3. The van der Waals surface area contributed by atoms with Gasteiger partial charge in [-0.2, -0.15) is 0 Å². The molecule has 4 N–H and O–H groups in total. The Labute approximate surface area is 135 Å². The first-order valence-corrected chi connectivity index (χ1v) is 7.69. The molecule has 0 radical (unpaired) electrons. The number of carbonyl (C=O) groups excluding carboxylic acids is 2. The van der Waals surface area contributed by atoms with Crippen molar-refractivity contribution in [2.75, 3.05) is 6.54 Å². The van der Waals surface area contributed by atoms with E-state index in [1.807, 2.05) is 51.1 Å². The van der Waals surface area contributed by atoms with Crippen LogP contribution < -0.4 is 16.4 Å². The third kappa shape index (κ3) is 4.32. The van der Waals surface area contributed by atoms with Crippen molar-refractivity contribution >= 4 is 22.8 Å². The van der Waals surface area contributed by atoms with E-state index in [2.05, 4.69) is 10.6 Å². The fourth-order valence-corrected chi connectivity index (χ4v) is 2.17. The molecule has 0 fully saturated rings. The van der Waals surface area contributed by atoms with E-state index in [-0.39, 0.29) is 30.3 Å². The Kier molecular flexibility index (Phi) is 5.39. The molecule has 6 heteroatoms. The molecule has 0 spiro atoms. The van der Waals surface area contributed by atoms with Crippen LogP contribution in [0.2, 0.25) is 0 Å². The van der Waals surface area contributed by atoms with Crippen LogP contribution in [-0.2, 0) is 9.59 Å². The van der Waals surface area contributed by atoms with Gasteiger partial charge in [0.2, 0.25) is 11.8 Å². The van der Waals surface area contributed by atoms with Gasteiger partial charge >= 0.3 is 0 Å². The Morgan fingerprint density at radius 2 is 1.91 bits per heavy atom. The van der Waals surface area contributed by atoms with Gasteiger partial charge in [0, 0.05) is 5.39 Å². The standard InChI is InChI=1S/C17H23N3O3/c1-10(2)16(18)17(22)19-9-15(21)20-11(3)14-8-12-6-4-5-7-13(12)23-14/h4-8,10-11,16H,9,18H2,1-3H3,(H,19,22)(H,20,21)/t11?,16-/m0/s1. The number of benzene rings is 1. The van der Waals surface area contributed by atoms with E-state index < -0.39 is 6.04 Å². The SMILES string of the molecule is CC(NC(=O)CNC(=O)[C@@H](N)C(C)C)c1cc2ccccc2o1. The van der Waals surface area contributed by atoms with Gasteiger partial charge in [-0.3, -0.25) is 9.59 Å². The molecule has 2 aromatic rings. The molecule has 124 valence electrons. The number of rotatable bonds is 6. The fourth-order valence-electron chi connectivity index (χ4n) is 2.17. The zero-order chi connectivity index (χ0) is 17.0. The Morgan fingerprint density at radius 3 is 2.57 bits per heavy atom. The van der Waals surface area contributed by atoms with E-state index in [1.54, 1.807) is 0 Å². The van der Waals surface area contributed by atoms with Gasteiger partial charge in [0.1, 0.15) is 11.3 Å². The molecule has 0 aliphatic heterocycles. The van der Waals surface area contributed by atoms with Crippen LogP contribution in [0.15, 0.2) is 34.7 Å². The Bertz CT molecular complexity index is 660. The van der Waals surface area contributed by atoms with Gasteiger partial charge in [-0.05, 0) is 25.0 Å². The van der Waals surface area contributed by atoms with Crippen LogP contribution in [0, 0.1) is 5.92 Å². The first-order chi connectivity index (χ1) is 10.9. The number of amides is 2. The van der Waals surface area contributed by atoms with Crippen LogP contribution >= 0.6 is 0 Å². The van der Waals surface area contributed by atoms with E-state index in [1.165, 1.54) is 0 Å². The topological polar surface area (TPSA) is 97.4 Å². The smallest absolute Gasteiger partial charge is 0.239 e. The van der Waals surface area contributed by atoms with Gasteiger partial charge in [-0.15, -0.1) is 0 Å². The second-order valence-electron chi connectivity index (χ2n) is 5.96. The largest absolute Gasteiger partial charge is 0.459 e. The predicted octanol–water partition coefficient (Wildman–Crippen LogP) is 1.71. The monoisotopic (exact) mass is 317 g/mol. The second kappa shape index (κ2) is 7.28. The molecule has 1 heterocycles. The molecule has 1 unspecified atom stereocenters. The van der Waals surface area contributed by atoms with Gasteiger partial charge in [-0.25, -0.2) is 0 Å². The number of nitrogens with one attached hydrogen (secondary N) is 2. The van der Waals surface area contributed by atoms with Gasteiger partial charge < -0.3 is 20.8 Å². The molecule has 0 saturated heterocycles. The number of carbonyl (C=O) groups is 2. The van der Waals surface area contributed by atoms with Crippen molar-refractivity contribution in [2.24, 2.45) is 11.7 Å². The first-order valence-electron chi connectivity index (χ1n) is 7.69. The van der Waals surface area contributed by atoms with Crippen molar-refractivity contribution in [3.8, 4) is 0 Å². The molecular weight excluding hydrogens is 294 g/mol. The summed E-state index contributed by atoms with van der Waals surface area (Å²) in [7, 11) is 0. The summed E-state index contributed by atoms with van der Waals surface area (Å²) in [6.07, 6.45) is 0. The molecule has 1 aromatic carbocycles. The lowest BCUT2D eigenvalue weighted by atomic mass is 10.1. The van der Waals surface area contributed by atoms with Gasteiger partial charge in [0.05, 0.1) is 18.6 Å². The summed E-state index contributed by atoms with van der Waals surface area (Å²) >= 11 is 0. The molecule has 1 aromatic heterocycles. The number of hydrogen-bond acceptors (Lipinski definition) is 4. The Balaban J connectivity index is 1.88. The molecule has 6 nitrogen and oxygen atoms in total. The summed E-state index contributed by atoms with van der Waals surface area (Å²) < 4.78 is 5.70. The molecule has 0 aliphatic carbocycles. The molecule has 2 amide bonds. The number of fused-ring (bicyclic) bond motifs is 1. The molecule has 0 aliphatic rings. The molecule has 2 rings (SSSR count). The lowest BCUT2D eigenvalue weighted by molar-refractivity contribution is -0.127. The van der Waals surface area contributed by atoms with E-state index in [4.69, 9.17) is 10.2 Å². The Morgan fingerprint density at radius 1 is 1.22 bits per heavy atom. The van der Waals surface area contributed by atoms with Gasteiger partial charge in [0.15, 0.2) is 0 Å². The van der Waals surface area contributed by atoms with Crippen molar-refractivity contribution in [2.45, 2.75) is 32.9 Å². The van der Waals surface area contributed by atoms with E-state index >= 15 is 0 Å². The molecule has 0 saturated carbocycles. The predicted molar refractivity (Wildman–Crippen MR) is 88.6 cm³/mol. The molecule has 2 atom stereocenters. The quantitative estimate of drug-likeness (QED) is 0.755. The van der Waals surface area contributed by atoms with Gasteiger partial charge in [0.25, 0.3) is 0 Å². The zero-order valence-electron chi connectivity index (χ0n) is 13.6. The Hall–Kier alpha value is -2.34. The second-order valence-corrected chi connectivity index (χ2v) is 5.96. The normalized spacial score (nSPS) is 13.8. The number of nitrogens with two attached hydrogens (primary N) is 1. The highest BCUT2D eigenvalue weighted by Crippen LogP contribution is 2.23. The fraction of sp³-hybridized carbons (Fsp3) is 0.412. The minimum atomic E-state index is -0.615. The van der Waals surface area contributed by atoms with Crippen molar-refractivity contribution in [1.29, 1.82) is 0 Å². The van der Waals surface area contributed by atoms with Crippen LogP contribution in [0.3, 0.4) is 0 Å². The first kappa shape index (κ1) is 17.0. The average molecular weight is 317 g/mol. The van der Waals surface area contributed by atoms with Crippen LogP contribution in [0.25, 0.3) is 11.0 Å². The van der Waals surface area contributed by atoms with Gasteiger partial charge in [-0.1, -0.05) is 32.0 Å². The van der Waals surface area contributed by atoms with E-state index in [0.29, 0.717) is 5.76 Å². The maximum Gasteiger partial charge on any atom is 0.239 e. The number of furan rings is 1. The zero-order valence-corrected chi connectivity index (χ0v) is 13.6. The van der Waals surface area contributed by atoms with Crippen LogP contribution in [-0.4, -0.2) is 24.4 Å². The van der Waals surface area contributed by atoms with Crippen LogP contribution in [0.1, 0.15) is 32.6 Å². The third-order valence-corrected chi connectivity index (χ3v) is 3.69. The molecule has 0 bridgehead atoms. The third-order valence-electron chi connectivity index (χ3n) is 3.69. The molecule has 23 heavy (non-hydrogen) atoms. The highest BCUT2D eigenvalue weighted by atomic mass is 16.3. The van der Waals surface area contributed by atoms with Crippen molar-refractivity contribution in [3.05, 3.63) is 36.1 Å². The van der Waals surface area contributed by atoms with Crippen LogP contribution in [0.4, 0.5) is 0 Å². The lowest BCUT2D eigenvalue weighted by Crippen LogP contribution is -2.47. The van der Waals surface area contributed by atoms with E-state index in [0.717, 1.165) is 11.0 Å². The summed E-state index contributed by atoms with van der Waals surface area (Å²) in [6.45, 7) is 5.43. The lowest BCUT2D eigenvalue weighted by Gasteiger charge is -2.16. The highest BCUT2D eigenvalue weighted by Gasteiger charge is 2.19. The number of para-hydroxylation sites is 1. The summed E-state index contributed by atoms with van der Waals surface area (Å²) in [5.74, 6) is 0.0751. The average Bonchev–Trinajstić information content (AvgIpc) is 2.95. The van der Waals surface area contributed by atoms with Crippen molar-refractivity contribution < 1.29 is 14.0 Å². The van der Waals surface area contributed by atoms with Crippen LogP contribution in [0.5, 0.6) is 0 Å². The highest BCUT2D eigenvalue weighted by molar-refractivity contribution is 5.87.